The minimum absolute atomic E-state index is 0.00398. The molecule has 1 aliphatic rings. The maximum Gasteiger partial charge on any atom is 0.127 e. The van der Waals surface area contributed by atoms with Gasteiger partial charge in [-0.05, 0) is 42.9 Å². The summed E-state index contributed by atoms with van der Waals surface area (Å²) in [6, 6.07) is 7.27. The molecule has 2 rings (SSSR count). The molecule has 18 heavy (non-hydrogen) atoms. The summed E-state index contributed by atoms with van der Waals surface area (Å²) >= 11 is 0. The van der Waals surface area contributed by atoms with Gasteiger partial charge in [-0.25, -0.2) is 4.39 Å². The summed E-state index contributed by atoms with van der Waals surface area (Å²) in [7, 11) is 0. The Hall–Kier alpha value is -0.890. The molecule has 0 aromatic heterocycles. The van der Waals surface area contributed by atoms with Gasteiger partial charge in [0.15, 0.2) is 0 Å². The fourth-order valence-electron chi connectivity index (χ4n) is 3.59. The first-order valence-corrected chi connectivity index (χ1v) is 6.95. The third-order valence-electron chi connectivity index (χ3n) is 3.97. The molecule has 0 bridgehead atoms. The molecule has 0 saturated heterocycles. The van der Waals surface area contributed by atoms with E-state index in [-0.39, 0.29) is 11.2 Å². The van der Waals surface area contributed by atoms with Crippen LogP contribution in [0.15, 0.2) is 24.3 Å². The topological polar surface area (TPSA) is 12.0 Å². The second-order valence-corrected chi connectivity index (χ2v) is 6.45. The lowest BCUT2D eigenvalue weighted by Crippen LogP contribution is -2.53. The Balaban J connectivity index is 2.19. The van der Waals surface area contributed by atoms with Gasteiger partial charge in [0.1, 0.15) is 5.82 Å². The molecule has 1 saturated carbocycles. The average molecular weight is 249 g/mol. The third kappa shape index (κ3) is 2.59. The molecule has 0 aliphatic heterocycles. The van der Waals surface area contributed by atoms with Gasteiger partial charge < -0.3 is 5.32 Å². The van der Waals surface area contributed by atoms with Crippen molar-refractivity contribution < 1.29 is 4.39 Å². The molecule has 100 valence electrons. The second kappa shape index (κ2) is 5.00. The van der Waals surface area contributed by atoms with Gasteiger partial charge in [0, 0.05) is 12.0 Å². The second-order valence-electron chi connectivity index (χ2n) is 6.45. The minimum atomic E-state index is -0.0497. The molecule has 2 heteroatoms. The molecular formula is C16H24FN. The van der Waals surface area contributed by atoms with Gasteiger partial charge in [-0.3, -0.25) is 0 Å². The molecule has 1 aromatic carbocycles. The Morgan fingerprint density at radius 2 is 1.89 bits per heavy atom. The van der Waals surface area contributed by atoms with Crippen molar-refractivity contribution in [1.29, 1.82) is 0 Å². The number of benzene rings is 1. The van der Waals surface area contributed by atoms with Crippen molar-refractivity contribution in [3.05, 3.63) is 35.6 Å². The van der Waals surface area contributed by atoms with Crippen molar-refractivity contribution in [3.8, 4) is 0 Å². The molecule has 1 aliphatic carbocycles. The van der Waals surface area contributed by atoms with Gasteiger partial charge in [0.05, 0.1) is 0 Å². The van der Waals surface area contributed by atoms with Gasteiger partial charge in [-0.1, -0.05) is 39.0 Å². The summed E-state index contributed by atoms with van der Waals surface area (Å²) in [5.74, 6) is -0.0497. The first-order chi connectivity index (χ1) is 8.49. The van der Waals surface area contributed by atoms with Crippen molar-refractivity contribution in [3.63, 3.8) is 0 Å². The van der Waals surface area contributed by atoms with Crippen LogP contribution in [0.1, 0.15) is 45.6 Å². The van der Waals surface area contributed by atoms with E-state index in [9.17, 15) is 4.39 Å². The zero-order valence-electron chi connectivity index (χ0n) is 11.7. The van der Waals surface area contributed by atoms with Crippen molar-refractivity contribution in [2.75, 3.05) is 13.1 Å². The quantitative estimate of drug-likeness (QED) is 0.781. The van der Waals surface area contributed by atoms with E-state index < -0.39 is 0 Å². The largest absolute Gasteiger partial charge is 0.316 e. The van der Waals surface area contributed by atoms with Crippen molar-refractivity contribution >= 4 is 0 Å². The standard InChI is InChI=1S/C16H24FN/c1-4-9-18-12-16(10-15(2,3)11-16)13-7-5-6-8-14(13)17/h5-8,18H,4,9-12H2,1-3H3. The monoisotopic (exact) mass is 249 g/mol. The maximum absolute atomic E-state index is 14.0. The van der Waals surface area contributed by atoms with E-state index in [4.69, 9.17) is 0 Å². The zero-order chi connectivity index (χ0) is 13.2. The third-order valence-corrected chi connectivity index (χ3v) is 3.97. The minimum Gasteiger partial charge on any atom is -0.316 e. The summed E-state index contributed by atoms with van der Waals surface area (Å²) in [6.45, 7) is 8.60. The number of hydrogen-bond acceptors (Lipinski definition) is 1. The molecule has 0 amide bonds. The molecular weight excluding hydrogens is 225 g/mol. The smallest absolute Gasteiger partial charge is 0.127 e. The lowest BCUT2D eigenvalue weighted by atomic mass is 9.52. The van der Waals surface area contributed by atoms with E-state index in [0.717, 1.165) is 37.9 Å². The molecule has 0 spiro atoms. The van der Waals surface area contributed by atoms with Crippen LogP contribution in [0.3, 0.4) is 0 Å². The summed E-state index contributed by atoms with van der Waals surface area (Å²) in [5, 5.41) is 3.47. The predicted molar refractivity (Wildman–Crippen MR) is 74.3 cm³/mol. The first-order valence-electron chi connectivity index (χ1n) is 6.95. The van der Waals surface area contributed by atoms with Gasteiger partial charge in [-0.2, -0.15) is 0 Å². The summed E-state index contributed by atoms with van der Waals surface area (Å²) in [5.41, 5.74) is 1.24. The number of hydrogen-bond donors (Lipinski definition) is 1. The van der Waals surface area contributed by atoms with Gasteiger partial charge in [-0.15, -0.1) is 0 Å². The molecule has 0 heterocycles. The summed E-state index contributed by atoms with van der Waals surface area (Å²) in [4.78, 5) is 0. The van der Waals surface area contributed by atoms with Gasteiger partial charge in [0.2, 0.25) is 0 Å². The highest BCUT2D eigenvalue weighted by Crippen LogP contribution is 2.55. The van der Waals surface area contributed by atoms with Crippen molar-refractivity contribution in [1.82, 2.24) is 5.32 Å². The molecule has 1 N–H and O–H groups in total. The lowest BCUT2D eigenvalue weighted by molar-refractivity contribution is 0.0537. The fraction of sp³-hybridized carbons (Fsp3) is 0.625. The number of nitrogens with one attached hydrogen (secondary N) is 1. The highest BCUT2D eigenvalue weighted by molar-refractivity contribution is 5.32. The van der Waals surface area contributed by atoms with E-state index in [2.05, 4.69) is 26.1 Å². The van der Waals surface area contributed by atoms with Crippen LogP contribution in [0.25, 0.3) is 0 Å². The summed E-state index contributed by atoms with van der Waals surface area (Å²) in [6.07, 6.45) is 3.26. The highest BCUT2D eigenvalue weighted by atomic mass is 19.1. The van der Waals surface area contributed by atoms with Crippen LogP contribution in [0.4, 0.5) is 4.39 Å². The number of halogens is 1. The fourth-order valence-corrected chi connectivity index (χ4v) is 3.59. The maximum atomic E-state index is 14.0. The van der Waals surface area contributed by atoms with E-state index in [1.165, 1.54) is 0 Å². The molecule has 1 fully saturated rings. The van der Waals surface area contributed by atoms with Crippen LogP contribution in [0, 0.1) is 11.2 Å². The van der Waals surface area contributed by atoms with Crippen LogP contribution < -0.4 is 5.32 Å². The van der Waals surface area contributed by atoms with Crippen molar-refractivity contribution in [2.24, 2.45) is 5.41 Å². The van der Waals surface area contributed by atoms with Crippen LogP contribution in [-0.4, -0.2) is 13.1 Å². The summed E-state index contributed by atoms with van der Waals surface area (Å²) < 4.78 is 14.0. The number of rotatable bonds is 5. The molecule has 1 nitrogen and oxygen atoms in total. The van der Waals surface area contributed by atoms with Gasteiger partial charge in [0.25, 0.3) is 0 Å². The molecule has 1 aromatic rings. The average Bonchev–Trinajstić information content (AvgIpc) is 2.27. The Labute approximate surface area is 110 Å². The van der Waals surface area contributed by atoms with Crippen LogP contribution >= 0.6 is 0 Å². The lowest BCUT2D eigenvalue weighted by Gasteiger charge is -2.54. The Morgan fingerprint density at radius 1 is 1.22 bits per heavy atom. The SMILES string of the molecule is CCCNCC1(c2ccccc2F)CC(C)(C)C1. The van der Waals surface area contributed by atoms with E-state index in [0.29, 0.717) is 5.41 Å². The highest BCUT2D eigenvalue weighted by Gasteiger charge is 2.50. The Kier molecular flexibility index (Phi) is 3.76. The van der Waals surface area contributed by atoms with Crippen LogP contribution in [0.2, 0.25) is 0 Å². The van der Waals surface area contributed by atoms with E-state index >= 15 is 0 Å². The Bertz CT molecular complexity index is 403. The normalized spacial score (nSPS) is 20.4. The first kappa shape index (κ1) is 13.5. The molecule has 0 atom stereocenters. The van der Waals surface area contributed by atoms with E-state index in [1.807, 2.05) is 12.1 Å². The van der Waals surface area contributed by atoms with E-state index in [1.54, 1.807) is 12.1 Å². The van der Waals surface area contributed by atoms with Crippen LogP contribution in [-0.2, 0) is 5.41 Å². The Morgan fingerprint density at radius 3 is 2.44 bits per heavy atom. The zero-order valence-corrected chi connectivity index (χ0v) is 11.7. The van der Waals surface area contributed by atoms with Crippen LogP contribution in [0.5, 0.6) is 0 Å². The molecule has 0 radical (unpaired) electrons. The predicted octanol–water partition coefficient (Wildman–Crippen LogP) is 3.88. The van der Waals surface area contributed by atoms with Crippen molar-refractivity contribution in [2.45, 2.75) is 45.4 Å². The van der Waals surface area contributed by atoms with Gasteiger partial charge >= 0.3 is 0 Å². The molecule has 0 unspecified atom stereocenters.